The number of nitrogens with one attached hydrogen (secondary N) is 1. The van der Waals surface area contributed by atoms with Crippen molar-refractivity contribution in [2.24, 2.45) is 5.41 Å². The summed E-state index contributed by atoms with van der Waals surface area (Å²) in [5.74, 6) is -0.925. The van der Waals surface area contributed by atoms with Crippen molar-refractivity contribution in [3.05, 3.63) is 58.4 Å². The van der Waals surface area contributed by atoms with Gasteiger partial charge in [-0.15, -0.1) is 0 Å². The number of carbonyl (C=O) groups excluding carboxylic acids is 1. The molecule has 0 spiro atoms. The van der Waals surface area contributed by atoms with Gasteiger partial charge in [-0.3, -0.25) is 9.69 Å². The van der Waals surface area contributed by atoms with E-state index in [1.165, 1.54) is 4.90 Å². The number of aryl methyl sites for hydroxylation is 1. The first-order valence-corrected chi connectivity index (χ1v) is 11.4. The third kappa shape index (κ3) is 5.36. The maximum Gasteiger partial charge on any atom is 0.326 e. The summed E-state index contributed by atoms with van der Waals surface area (Å²) >= 11 is 6.67. The molecule has 0 bridgehead atoms. The Kier molecular flexibility index (Phi) is 7.06. The summed E-state index contributed by atoms with van der Waals surface area (Å²) in [7, 11) is 0. The number of fused-ring (bicyclic) bond motifs is 1. The second kappa shape index (κ2) is 9.28. The molecule has 6 nitrogen and oxygen atoms in total. The number of benzene rings is 1. The minimum absolute atomic E-state index is 0.0000395. The number of aliphatic carboxylic acids is 1. The van der Waals surface area contributed by atoms with Gasteiger partial charge in [-0.1, -0.05) is 51.1 Å². The highest BCUT2D eigenvalue weighted by atomic mass is 35.5. The fraction of sp³-hybridized carbons (Fsp3) is 0.520. The van der Waals surface area contributed by atoms with Gasteiger partial charge in [0.05, 0.1) is 19.1 Å². The van der Waals surface area contributed by atoms with Crippen molar-refractivity contribution in [1.82, 2.24) is 10.2 Å². The topological polar surface area (TPSA) is 78.9 Å². The Morgan fingerprint density at radius 1 is 1.38 bits per heavy atom. The first-order chi connectivity index (χ1) is 14.9. The lowest BCUT2D eigenvalue weighted by atomic mass is 9.77. The van der Waals surface area contributed by atoms with E-state index in [1.54, 1.807) is 6.20 Å². The number of hydrogen-bond donors (Lipinski definition) is 2. The largest absolute Gasteiger partial charge is 0.481 e. The van der Waals surface area contributed by atoms with Gasteiger partial charge in [-0.05, 0) is 60.8 Å². The van der Waals surface area contributed by atoms with Crippen molar-refractivity contribution in [1.29, 1.82) is 0 Å². The Morgan fingerprint density at radius 3 is 2.72 bits per heavy atom. The van der Waals surface area contributed by atoms with E-state index in [0.717, 1.165) is 29.5 Å². The predicted octanol–water partition coefficient (Wildman–Crippen LogP) is 5.61. The Bertz CT molecular complexity index is 950. The Balaban J connectivity index is 1.93. The lowest BCUT2D eigenvalue weighted by Crippen LogP contribution is -2.59. The predicted molar refractivity (Wildman–Crippen MR) is 125 cm³/mol. The van der Waals surface area contributed by atoms with Crippen LogP contribution in [0, 0.1) is 5.41 Å². The summed E-state index contributed by atoms with van der Waals surface area (Å²) in [5, 5.41) is 12.8. The number of allylic oxidation sites excluding steroid dienone is 1. The normalized spacial score (nSPS) is 23.3. The minimum atomic E-state index is -0.925. The molecule has 32 heavy (non-hydrogen) atoms. The monoisotopic (exact) mass is 460 g/mol. The Labute approximate surface area is 195 Å². The Morgan fingerprint density at radius 2 is 2.09 bits per heavy atom. The molecule has 1 aromatic rings. The van der Waals surface area contributed by atoms with E-state index in [2.05, 4.69) is 32.7 Å². The van der Waals surface area contributed by atoms with Gasteiger partial charge >= 0.3 is 12.0 Å². The zero-order valence-electron chi connectivity index (χ0n) is 19.3. The molecule has 2 N–H and O–H groups in total. The molecule has 0 aromatic heterocycles. The van der Waals surface area contributed by atoms with E-state index < -0.39 is 11.5 Å². The maximum absolute atomic E-state index is 13.0. The molecule has 3 rings (SSSR count). The molecule has 2 atom stereocenters. The highest BCUT2D eigenvalue weighted by Crippen LogP contribution is 2.42. The standard InChI is InChI=1S/C25H33ClN2O4/c1-16(6-9-22(29)30)28-14-20-12-17(2)32-15-25(20,27-23(28)31)19-8-7-18(21(26)13-19)10-11-24(3,4)5/h7-8,13-14,17H,1,6,9-12,15H2,2-5H3,(H,27,31)(H,29,30)/t17-,25?/m1/s1. The van der Waals surface area contributed by atoms with E-state index >= 15 is 0 Å². The zero-order valence-corrected chi connectivity index (χ0v) is 20.1. The molecule has 0 radical (unpaired) electrons. The summed E-state index contributed by atoms with van der Waals surface area (Å²) in [4.78, 5) is 25.4. The van der Waals surface area contributed by atoms with Crippen LogP contribution in [0.2, 0.25) is 5.02 Å². The lowest BCUT2D eigenvalue weighted by Gasteiger charge is -2.47. The fourth-order valence-corrected chi connectivity index (χ4v) is 4.39. The summed E-state index contributed by atoms with van der Waals surface area (Å²) in [6.07, 6.45) is 4.44. The molecular formula is C25H33ClN2O4. The third-order valence-electron chi connectivity index (χ3n) is 6.12. The van der Waals surface area contributed by atoms with Crippen molar-refractivity contribution < 1.29 is 19.4 Å². The number of urea groups is 1. The van der Waals surface area contributed by atoms with Crippen LogP contribution in [0.15, 0.2) is 42.2 Å². The third-order valence-corrected chi connectivity index (χ3v) is 6.47. The van der Waals surface area contributed by atoms with Crippen molar-refractivity contribution in [2.75, 3.05) is 6.61 Å². The summed E-state index contributed by atoms with van der Waals surface area (Å²) in [6.45, 7) is 12.8. The maximum atomic E-state index is 13.0. The van der Waals surface area contributed by atoms with Crippen molar-refractivity contribution >= 4 is 23.6 Å². The first-order valence-electron chi connectivity index (χ1n) is 11.0. The number of carboxylic acid groups (broad SMARTS) is 1. The van der Waals surface area contributed by atoms with Crippen LogP contribution < -0.4 is 5.32 Å². The second-order valence-electron chi connectivity index (χ2n) is 10.0. The lowest BCUT2D eigenvalue weighted by molar-refractivity contribution is -0.137. The van der Waals surface area contributed by atoms with E-state index in [1.807, 2.05) is 25.1 Å². The molecule has 2 aliphatic heterocycles. The molecule has 0 saturated carbocycles. The van der Waals surface area contributed by atoms with E-state index in [4.69, 9.17) is 21.4 Å². The molecule has 1 unspecified atom stereocenters. The van der Waals surface area contributed by atoms with Gasteiger partial charge in [0.2, 0.25) is 0 Å². The van der Waals surface area contributed by atoms with Gasteiger partial charge in [-0.25, -0.2) is 4.79 Å². The summed E-state index contributed by atoms with van der Waals surface area (Å²) in [6, 6.07) is 5.64. The molecule has 2 heterocycles. The van der Waals surface area contributed by atoms with Crippen LogP contribution in [0.4, 0.5) is 4.79 Å². The first kappa shape index (κ1) is 24.3. The van der Waals surface area contributed by atoms with Gasteiger partial charge in [0, 0.05) is 16.9 Å². The van der Waals surface area contributed by atoms with Gasteiger partial charge < -0.3 is 15.2 Å². The summed E-state index contributed by atoms with van der Waals surface area (Å²) in [5.41, 5.74) is 2.81. The number of hydrogen-bond acceptors (Lipinski definition) is 3. The van der Waals surface area contributed by atoms with Gasteiger partial charge in [0.1, 0.15) is 5.54 Å². The smallest absolute Gasteiger partial charge is 0.326 e. The number of ether oxygens (including phenoxy) is 1. The van der Waals surface area contributed by atoms with Crippen LogP contribution in [0.1, 0.15) is 64.5 Å². The molecule has 174 valence electrons. The van der Waals surface area contributed by atoms with E-state index in [0.29, 0.717) is 23.7 Å². The average molecular weight is 461 g/mol. The number of halogens is 1. The fourth-order valence-electron chi connectivity index (χ4n) is 4.11. The quantitative estimate of drug-likeness (QED) is 0.554. The van der Waals surface area contributed by atoms with Crippen molar-refractivity contribution in [3.63, 3.8) is 0 Å². The molecule has 2 amide bonds. The summed E-state index contributed by atoms with van der Waals surface area (Å²) < 4.78 is 5.97. The molecule has 0 aliphatic carbocycles. The highest BCUT2D eigenvalue weighted by molar-refractivity contribution is 6.31. The SMILES string of the molecule is C=C(CCC(=O)O)N1C=C2C[C@@H](C)OCC2(c2ccc(CCC(C)(C)C)c(Cl)c2)NC1=O. The number of carboxylic acids is 1. The van der Waals surface area contributed by atoms with Crippen molar-refractivity contribution in [3.8, 4) is 0 Å². The van der Waals surface area contributed by atoms with Crippen LogP contribution in [-0.2, 0) is 21.5 Å². The van der Waals surface area contributed by atoms with Crippen LogP contribution in [0.5, 0.6) is 0 Å². The van der Waals surface area contributed by atoms with Gasteiger partial charge in [0.25, 0.3) is 0 Å². The zero-order chi connectivity index (χ0) is 23.7. The van der Waals surface area contributed by atoms with Crippen LogP contribution >= 0.6 is 11.6 Å². The average Bonchev–Trinajstić information content (AvgIpc) is 2.70. The van der Waals surface area contributed by atoms with Crippen LogP contribution in [-0.4, -0.2) is 34.7 Å². The van der Waals surface area contributed by atoms with Crippen molar-refractivity contribution in [2.45, 2.75) is 71.4 Å². The number of rotatable bonds is 7. The molecular weight excluding hydrogens is 428 g/mol. The van der Waals surface area contributed by atoms with Crippen LogP contribution in [0.25, 0.3) is 0 Å². The number of amides is 2. The van der Waals surface area contributed by atoms with Crippen LogP contribution in [0.3, 0.4) is 0 Å². The molecule has 1 aromatic carbocycles. The molecule has 7 heteroatoms. The molecule has 1 fully saturated rings. The van der Waals surface area contributed by atoms with Gasteiger partial charge in [0.15, 0.2) is 0 Å². The molecule has 1 saturated heterocycles. The number of nitrogens with zero attached hydrogens (tertiary/aromatic N) is 1. The highest BCUT2D eigenvalue weighted by Gasteiger charge is 2.46. The number of carbonyl (C=O) groups is 2. The second-order valence-corrected chi connectivity index (χ2v) is 10.4. The van der Waals surface area contributed by atoms with E-state index in [-0.39, 0.29) is 30.4 Å². The van der Waals surface area contributed by atoms with Gasteiger partial charge in [-0.2, -0.15) is 0 Å². The minimum Gasteiger partial charge on any atom is -0.481 e. The molecule has 2 aliphatic rings. The Hall–Kier alpha value is -2.31. The van der Waals surface area contributed by atoms with E-state index in [9.17, 15) is 9.59 Å².